The van der Waals surface area contributed by atoms with Crippen LogP contribution in [0.5, 0.6) is 0 Å². The molecular weight excluding hydrogens is 229 g/mol. The molecule has 5 heteroatoms. The number of fused-ring (bicyclic) bond motifs is 1. The van der Waals surface area contributed by atoms with E-state index in [4.69, 9.17) is 0 Å². The molecule has 2 rings (SSSR count). The van der Waals surface area contributed by atoms with E-state index in [2.05, 4.69) is 4.98 Å². The van der Waals surface area contributed by atoms with E-state index in [0.717, 1.165) is 37.3 Å². The Hall–Kier alpha value is -1.00. The van der Waals surface area contributed by atoms with Crippen molar-refractivity contribution in [2.45, 2.75) is 58.2 Å². The van der Waals surface area contributed by atoms with Crippen LogP contribution in [0.3, 0.4) is 0 Å². The summed E-state index contributed by atoms with van der Waals surface area (Å²) in [6.07, 6.45) is -2.33. The Morgan fingerprint density at radius 3 is 2.59 bits per heavy atom. The molecule has 2 nitrogen and oxygen atoms in total. The minimum atomic E-state index is -4.17. The van der Waals surface area contributed by atoms with Gasteiger partial charge in [0.1, 0.15) is 5.82 Å². The number of imidazole rings is 1. The summed E-state index contributed by atoms with van der Waals surface area (Å²) in [5, 5.41) is 0. The van der Waals surface area contributed by atoms with Crippen molar-refractivity contribution in [3.8, 4) is 0 Å². The molecule has 0 radical (unpaired) electrons. The normalized spacial score (nSPS) is 16.4. The number of hydrogen-bond acceptors (Lipinski definition) is 1. The lowest BCUT2D eigenvalue weighted by molar-refractivity contribution is -0.127. The molecule has 0 atom stereocenters. The Labute approximate surface area is 98.8 Å². The number of halogens is 3. The lowest BCUT2D eigenvalue weighted by Crippen LogP contribution is -2.17. The SMILES string of the molecule is CC(C)c1nc(CC(F)(F)F)c2n1CCCC2. The van der Waals surface area contributed by atoms with Crippen molar-refractivity contribution < 1.29 is 13.2 Å². The van der Waals surface area contributed by atoms with Crippen LogP contribution in [0.1, 0.15) is 49.8 Å². The quantitative estimate of drug-likeness (QED) is 0.781. The fraction of sp³-hybridized carbons (Fsp3) is 0.750. The van der Waals surface area contributed by atoms with E-state index in [1.807, 2.05) is 18.4 Å². The van der Waals surface area contributed by atoms with E-state index in [9.17, 15) is 13.2 Å². The highest BCUT2D eigenvalue weighted by atomic mass is 19.4. The average Bonchev–Trinajstić information content (AvgIpc) is 2.55. The van der Waals surface area contributed by atoms with Crippen LogP contribution in [0.2, 0.25) is 0 Å². The van der Waals surface area contributed by atoms with E-state index < -0.39 is 12.6 Å². The van der Waals surface area contributed by atoms with Crippen LogP contribution in [-0.4, -0.2) is 15.7 Å². The van der Waals surface area contributed by atoms with Crippen molar-refractivity contribution in [2.75, 3.05) is 0 Å². The summed E-state index contributed by atoms with van der Waals surface area (Å²) >= 11 is 0. The molecule has 0 N–H and O–H groups in total. The van der Waals surface area contributed by atoms with Crippen LogP contribution < -0.4 is 0 Å². The molecule has 0 amide bonds. The third kappa shape index (κ3) is 2.64. The van der Waals surface area contributed by atoms with E-state index in [0.29, 0.717) is 0 Å². The zero-order chi connectivity index (χ0) is 12.6. The van der Waals surface area contributed by atoms with Crippen molar-refractivity contribution in [1.29, 1.82) is 0 Å². The molecule has 0 saturated heterocycles. The van der Waals surface area contributed by atoms with E-state index in [1.165, 1.54) is 0 Å². The van der Waals surface area contributed by atoms with Crippen molar-refractivity contribution >= 4 is 0 Å². The van der Waals surface area contributed by atoms with E-state index in [-0.39, 0.29) is 11.6 Å². The Morgan fingerprint density at radius 2 is 2.00 bits per heavy atom. The highest BCUT2D eigenvalue weighted by Crippen LogP contribution is 2.29. The molecule has 0 aromatic carbocycles. The first-order valence-electron chi connectivity index (χ1n) is 6.03. The molecule has 1 aromatic heterocycles. The predicted molar refractivity (Wildman–Crippen MR) is 59.0 cm³/mol. The third-order valence-electron chi connectivity index (χ3n) is 3.11. The van der Waals surface area contributed by atoms with Crippen molar-refractivity contribution in [3.63, 3.8) is 0 Å². The zero-order valence-electron chi connectivity index (χ0n) is 10.1. The van der Waals surface area contributed by atoms with Crippen LogP contribution in [0.4, 0.5) is 13.2 Å². The van der Waals surface area contributed by atoms with Gasteiger partial charge in [-0.1, -0.05) is 13.8 Å². The van der Waals surface area contributed by atoms with Crippen LogP contribution in [-0.2, 0) is 19.4 Å². The summed E-state index contributed by atoms with van der Waals surface area (Å²) in [6.45, 7) is 4.76. The maximum absolute atomic E-state index is 12.5. The van der Waals surface area contributed by atoms with Crippen LogP contribution >= 0.6 is 0 Å². The molecule has 0 saturated carbocycles. The first-order valence-corrected chi connectivity index (χ1v) is 6.03. The monoisotopic (exact) mass is 246 g/mol. The molecule has 0 spiro atoms. The summed E-state index contributed by atoms with van der Waals surface area (Å²) in [4.78, 5) is 4.22. The highest BCUT2D eigenvalue weighted by molar-refractivity contribution is 5.21. The second kappa shape index (κ2) is 4.35. The van der Waals surface area contributed by atoms with Gasteiger partial charge < -0.3 is 4.57 Å². The smallest absolute Gasteiger partial charge is 0.332 e. The number of rotatable bonds is 2. The summed E-state index contributed by atoms with van der Waals surface area (Å²) < 4.78 is 39.4. The molecule has 2 heterocycles. The van der Waals surface area contributed by atoms with Gasteiger partial charge in [-0.15, -0.1) is 0 Å². The maximum Gasteiger partial charge on any atom is 0.394 e. The van der Waals surface area contributed by atoms with Gasteiger partial charge in [0.2, 0.25) is 0 Å². The number of aromatic nitrogens is 2. The van der Waals surface area contributed by atoms with E-state index in [1.54, 1.807) is 0 Å². The van der Waals surface area contributed by atoms with Crippen LogP contribution in [0.25, 0.3) is 0 Å². The van der Waals surface area contributed by atoms with Gasteiger partial charge in [0.15, 0.2) is 0 Å². The Balaban J connectivity index is 2.39. The lowest BCUT2D eigenvalue weighted by Gasteiger charge is -2.18. The Bertz CT molecular complexity index is 405. The summed E-state index contributed by atoms with van der Waals surface area (Å²) in [5.41, 5.74) is 1.04. The topological polar surface area (TPSA) is 17.8 Å². The number of alkyl halides is 3. The minimum absolute atomic E-state index is 0.175. The molecule has 17 heavy (non-hydrogen) atoms. The Kier molecular flexibility index (Phi) is 3.19. The van der Waals surface area contributed by atoms with Gasteiger partial charge in [0.05, 0.1) is 12.1 Å². The molecule has 1 aliphatic heterocycles. The minimum Gasteiger partial charge on any atom is -0.332 e. The van der Waals surface area contributed by atoms with Crippen molar-refractivity contribution in [1.82, 2.24) is 9.55 Å². The van der Waals surface area contributed by atoms with Gasteiger partial charge in [0.25, 0.3) is 0 Å². The molecule has 0 fully saturated rings. The van der Waals surface area contributed by atoms with E-state index >= 15 is 0 Å². The molecule has 1 aromatic rings. The second-order valence-corrected chi connectivity index (χ2v) is 4.92. The van der Waals surface area contributed by atoms with Gasteiger partial charge in [-0.2, -0.15) is 13.2 Å². The highest BCUT2D eigenvalue weighted by Gasteiger charge is 2.32. The Morgan fingerprint density at radius 1 is 1.29 bits per heavy atom. The molecule has 0 unspecified atom stereocenters. The standard InChI is InChI=1S/C12H17F3N2/c1-8(2)11-16-9(7-12(13,14)15)10-5-3-4-6-17(10)11/h8H,3-7H2,1-2H3. The first-order chi connectivity index (χ1) is 7.88. The molecule has 96 valence electrons. The number of hydrogen-bond donors (Lipinski definition) is 0. The average molecular weight is 246 g/mol. The van der Waals surface area contributed by atoms with Crippen molar-refractivity contribution in [3.05, 3.63) is 17.2 Å². The lowest BCUT2D eigenvalue weighted by atomic mass is 10.1. The fourth-order valence-electron chi connectivity index (χ4n) is 2.42. The van der Waals surface area contributed by atoms with Gasteiger partial charge >= 0.3 is 6.18 Å². The molecule has 0 bridgehead atoms. The first kappa shape index (κ1) is 12.5. The molecule has 1 aliphatic rings. The zero-order valence-corrected chi connectivity index (χ0v) is 10.1. The van der Waals surface area contributed by atoms with Gasteiger partial charge in [-0.3, -0.25) is 0 Å². The summed E-state index contributed by atoms with van der Waals surface area (Å²) in [7, 11) is 0. The van der Waals surface area contributed by atoms with Gasteiger partial charge in [-0.05, 0) is 19.3 Å². The molecular formula is C12H17F3N2. The maximum atomic E-state index is 12.5. The largest absolute Gasteiger partial charge is 0.394 e. The summed E-state index contributed by atoms with van der Waals surface area (Å²) in [6, 6.07) is 0. The van der Waals surface area contributed by atoms with Crippen LogP contribution in [0, 0.1) is 0 Å². The molecule has 0 aliphatic carbocycles. The van der Waals surface area contributed by atoms with Gasteiger partial charge in [0, 0.05) is 18.2 Å². The predicted octanol–water partition coefficient (Wildman–Crippen LogP) is 3.45. The fourth-order valence-corrected chi connectivity index (χ4v) is 2.42. The second-order valence-electron chi connectivity index (χ2n) is 4.92. The summed E-state index contributed by atoms with van der Waals surface area (Å²) in [5.74, 6) is 0.979. The number of nitrogens with zero attached hydrogens (tertiary/aromatic N) is 2. The van der Waals surface area contributed by atoms with Gasteiger partial charge in [-0.25, -0.2) is 4.98 Å². The van der Waals surface area contributed by atoms with Crippen molar-refractivity contribution in [2.24, 2.45) is 0 Å². The third-order valence-corrected chi connectivity index (χ3v) is 3.11. The van der Waals surface area contributed by atoms with Crippen LogP contribution in [0.15, 0.2) is 0 Å².